The van der Waals surface area contributed by atoms with E-state index in [1.165, 1.54) is 25.3 Å². The van der Waals surface area contributed by atoms with Gasteiger partial charge in [-0.25, -0.2) is 4.98 Å². The van der Waals surface area contributed by atoms with Crippen LogP contribution >= 0.6 is 11.3 Å². The minimum Gasteiger partial charge on any atom is -0.493 e. The molecule has 27 heavy (non-hydrogen) atoms. The van der Waals surface area contributed by atoms with Crippen molar-refractivity contribution in [2.24, 2.45) is 0 Å². The van der Waals surface area contributed by atoms with Gasteiger partial charge in [-0.2, -0.15) is 8.78 Å². The number of hydrogen-bond acceptors (Lipinski definition) is 5. The highest BCUT2D eigenvalue weighted by molar-refractivity contribution is 7.18. The van der Waals surface area contributed by atoms with Gasteiger partial charge in [0.25, 0.3) is 5.91 Å². The molecule has 0 fully saturated rings. The number of rotatable bonds is 8. The van der Waals surface area contributed by atoms with Crippen LogP contribution in [0.3, 0.4) is 0 Å². The number of aromatic nitrogens is 1. The van der Waals surface area contributed by atoms with Crippen molar-refractivity contribution in [3.8, 4) is 11.5 Å². The molecule has 0 aliphatic carbocycles. The molecule has 1 amide bonds. The standard InChI is InChI=1S/C19H18F2N2O3S/c1-25-15-11-12(8-9-14(15)26-19(20)21)18(24)22-10-4-7-17-23-13-5-2-3-6-16(13)27-17/h2-3,5-6,8-9,11,19H,4,7,10H2,1H3,(H,22,24). The summed E-state index contributed by atoms with van der Waals surface area (Å²) in [5.74, 6) is -0.335. The Morgan fingerprint density at radius 1 is 1.22 bits per heavy atom. The first-order valence-corrected chi connectivity index (χ1v) is 9.14. The number of carbonyl (C=O) groups excluding carboxylic acids is 1. The maximum absolute atomic E-state index is 12.3. The zero-order valence-electron chi connectivity index (χ0n) is 14.6. The number of para-hydroxylation sites is 1. The summed E-state index contributed by atoms with van der Waals surface area (Å²) in [6.45, 7) is -2.48. The molecular weight excluding hydrogens is 374 g/mol. The van der Waals surface area contributed by atoms with E-state index in [1.54, 1.807) is 11.3 Å². The summed E-state index contributed by atoms with van der Waals surface area (Å²) in [4.78, 5) is 16.8. The molecule has 0 aliphatic rings. The first-order valence-electron chi connectivity index (χ1n) is 8.32. The minimum absolute atomic E-state index is 0.0809. The van der Waals surface area contributed by atoms with Crippen molar-refractivity contribution in [1.82, 2.24) is 10.3 Å². The zero-order valence-corrected chi connectivity index (χ0v) is 15.4. The maximum Gasteiger partial charge on any atom is 0.387 e. The molecule has 0 radical (unpaired) electrons. The van der Waals surface area contributed by atoms with E-state index < -0.39 is 6.61 Å². The quantitative estimate of drug-likeness (QED) is 0.582. The Morgan fingerprint density at radius 3 is 2.78 bits per heavy atom. The number of halogens is 2. The van der Waals surface area contributed by atoms with E-state index in [-0.39, 0.29) is 17.4 Å². The minimum atomic E-state index is -2.96. The Hall–Kier alpha value is -2.74. The van der Waals surface area contributed by atoms with Gasteiger partial charge in [-0.05, 0) is 36.8 Å². The van der Waals surface area contributed by atoms with Gasteiger partial charge in [-0.3, -0.25) is 4.79 Å². The van der Waals surface area contributed by atoms with E-state index in [1.807, 2.05) is 24.3 Å². The SMILES string of the molecule is COc1cc(C(=O)NCCCc2nc3ccccc3s2)ccc1OC(F)F. The Balaban J connectivity index is 1.52. The third-order valence-corrected chi connectivity index (χ3v) is 4.93. The molecule has 0 spiro atoms. The lowest BCUT2D eigenvalue weighted by atomic mass is 10.2. The average molecular weight is 392 g/mol. The van der Waals surface area contributed by atoms with Crippen molar-refractivity contribution in [2.75, 3.05) is 13.7 Å². The number of hydrogen-bond donors (Lipinski definition) is 1. The lowest BCUT2D eigenvalue weighted by Crippen LogP contribution is -2.24. The molecule has 2 aromatic carbocycles. The average Bonchev–Trinajstić information content (AvgIpc) is 3.07. The predicted molar refractivity (Wildman–Crippen MR) is 99.9 cm³/mol. The van der Waals surface area contributed by atoms with E-state index in [2.05, 4.69) is 15.0 Å². The van der Waals surface area contributed by atoms with Gasteiger partial charge in [0, 0.05) is 18.5 Å². The Kier molecular flexibility index (Phi) is 6.18. The second-order valence-corrected chi connectivity index (χ2v) is 6.79. The van der Waals surface area contributed by atoms with Gasteiger partial charge in [-0.15, -0.1) is 11.3 Å². The molecule has 0 unspecified atom stereocenters. The number of nitrogens with zero attached hydrogens (tertiary/aromatic N) is 1. The monoisotopic (exact) mass is 392 g/mol. The molecule has 5 nitrogen and oxygen atoms in total. The van der Waals surface area contributed by atoms with E-state index in [4.69, 9.17) is 4.74 Å². The smallest absolute Gasteiger partial charge is 0.387 e. The van der Waals surface area contributed by atoms with Crippen LogP contribution in [0.1, 0.15) is 21.8 Å². The fourth-order valence-electron chi connectivity index (χ4n) is 2.57. The van der Waals surface area contributed by atoms with Gasteiger partial charge in [0.05, 0.1) is 22.3 Å². The normalized spacial score (nSPS) is 11.0. The molecule has 1 aromatic heterocycles. The van der Waals surface area contributed by atoms with E-state index in [9.17, 15) is 13.6 Å². The molecule has 142 valence electrons. The van der Waals surface area contributed by atoms with Crippen LogP contribution in [-0.4, -0.2) is 31.2 Å². The van der Waals surface area contributed by atoms with Gasteiger partial charge < -0.3 is 14.8 Å². The molecule has 1 N–H and O–H groups in total. The fourth-order valence-corrected chi connectivity index (χ4v) is 3.58. The molecule has 8 heteroatoms. The van der Waals surface area contributed by atoms with Gasteiger partial charge in [-0.1, -0.05) is 12.1 Å². The van der Waals surface area contributed by atoms with Gasteiger partial charge >= 0.3 is 6.61 Å². The van der Waals surface area contributed by atoms with Crippen molar-refractivity contribution in [3.05, 3.63) is 53.0 Å². The number of methoxy groups -OCH3 is 1. The summed E-state index contributed by atoms with van der Waals surface area (Å²) < 4.78 is 35.2. The summed E-state index contributed by atoms with van der Waals surface area (Å²) in [6.07, 6.45) is 1.51. The second-order valence-electron chi connectivity index (χ2n) is 5.68. The van der Waals surface area contributed by atoms with Crippen LogP contribution in [0.4, 0.5) is 8.78 Å². The Bertz CT molecular complexity index is 897. The number of fused-ring (bicyclic) bond motifs is 1. The highest BCUT2D eigenvalue weighted by Crippen LogP contribution is 2.29. The topological polar surface area (TPSA) is 60.5 Å². The van der Waals surface area contributed by atoms with Crippen LogP contribution in [0.25, 0.3) is 10.2 Å². The van der Waals surface area contributed by atoms with Crippen molar-refractivity contribution in [1.29, 1.82) is 0 Å². The van der Waals surface area contributed by atoms with Crippen molar-refractivity contribution in [2.45, 2.75) is 19.5 Å². The number of aryl methyl sites for hydroxylation is 1. The molecule has 3 aromatic rings. The largest absolute Gasteiger partial charge is 0.493 e. The van der Waals surface area contributed by atoms with Crippen molar-refractivity contribution >= 4 is 27.5 Å². The number of alkyl halides is 2. The third kappa shape index (κ3) is 4.91. The molecule has 0 saturated heterocycles. The van der Waals surface area contributed by atoms with Crippen LogP contribution in [-0.2, 0) is 6.42 Å². The summed E-state index contributed by atoms with van der Waals surface area (Å²) >= 11 is 1.65. The number of thiazole rings is 1. The Morgan fingerprint density at radius 2 is 2.04 bits per heavy atom. The first kappa shape index (κ1) is 19.0. The fraction of sp³-hybridized carbons (Fsp3) is 0.263. The van der Waals surface area contributed by atoms with Gasteiger partial charge in [0.15, 0.2) is 11.5 Å². The number of amides is 1. The van der Waals surface area contributed by atoms with Gasteiger partial charge in [0.2, 0.25) is 0 Å². The lowest BCUT2D eigenvalue weighted by molar-refractivity contribution is -0.0512. The van der Waals surface area contributed by atoms with Crippen molar-refractivity contribution in [3.63, 3.8) is 0 Å². The van der Waals surface area contributed by atoms with Crippen LogP contribution in [0.2, 0.25) is 0 Å². The lowest BCUT2D eigenvalue weighted by Gasteiger charge is -2.11. The highest BCUT2D eigenvalue weighted by Gasteiger charge is 2.14. The van der Waals surface area contributed by atoms with Crippen LogP contribution in [0, 0.1) is 0 Å². The summed E-state index contributed by atoms with van der Waals surface area (Å²) in [6, 6.07) is 12.0. The van der Waals surface area contributed by atoms with Crippen LogP contribution in [0.5, 0.6) is 11.5 Å². The molecule has 0 bridgehead atoms. The second kappa shape index (κ2) is 8.77. The van der Waals surface area contributed by atoms with E-state index in [0.717, 1.165) is 28.1 Å². The van der Waals surface area contributed by atoms with Crippen LogP contribution in [0.15, 0.2) is 42.5 Å². The van der Waals surface area contributed by atoms with E-state index >= 15 is 0 Å². The number of ether oxygens (including phenoxy) is 2. The predicted octanol–water partition coefficient (Wildman–Crippen LogP) is 4.27. The summed E-state index contributed by atoms with van der Waals surface area (Å²) in [5, 5.41) is 3.84. The molecule has 0 saturated carbocycles. The zero-order chi connectivity index (χ0) is 19.2. The molecule has 3 rings (SSSR count). The molecule has 1 heterocycles. The first-order chi connectivity index (χ1) is 13.1. The highest BCUT2D eigenvalue weighted by atomic mass is 32.1. The Labute approximate surface area is 158 Å². The summed E-state index contributed by atoms with van der Waals surface area (Å²) in [5.41, 5.74) is 1.30. The van der Waals surface area contributed by atoms with E-state index in [0.29, 0.717) is 12.1 Å². The van der Waals surface area contributed by atoms with Crippen molar-refractivity contribution < 1.29 is 23.0 Å². The number of carbonyl (C=O) groups is 1. The molecule has 0 aliphatic heterocycles. The number of nitrogens with one attached hydrogen (secondary N) is 1. The molecule has 0 atom stereocenters. The van der Waals surface area contributed by atoms with Gasteiger partial charge in [0.1, 0.15) is 0 Å². The summed E-state index contributed by atoms with van der Waals surface area (Å²) in [7, 11) is 1.33. The number of benzene rings is 2. The molecular formula is C19H18F2N2O3S. The third-order valence-electron chi connectivity index (χ3n) is 3.83. The maximum atomic E-state index is 12.3. The van der Waals surface area contributed by atoms with Crippen LogP contribution < -0.4 is 14.8 Å².